The molecule has 0 radical (unpaired) electrons. The predicted octanol–water partition coefficient (Wildman–Crippen LogP) is 4.34. The van der Waals surface area contributed by atoms with Crippen LogP contribution >= 0.6 is 0 Å². The first-order valence-electron chi connectivity index (χ1n) is 7.82. The number of rotatable bonds is 6. The van der Waals surface area contributed by atoms with Crippen molar-refractivity contribution in [2.75, 3.05) is 6.61 Å². The van der Waals surface area contributed by atoms with Crippen LogP contribution in [0, 0.1) is 18.3 Å². The molecule has 0 saturated carbocycles. The Balaban J connectivity index is 2.46. The summed E-state index contributed by atoms with van der Waals surface area (Å²) in [6, 6.07) is 19.8. The summed E-state index contributed by atoms with van der Waals surface area (Å²) in [6.45, 7) is 4.14. The summed E-state index contributed by atoms with van der Waals surface area (Å²) in [6.07, 6.45) is 0.265. The Kier molecular flexibility index (Phi) is 5.94. The molecular formula is C20H21NO2. The second kappa shape index (κ2) is 8.14. The highest BCUT2D eigenvalue weighted by atomic mass is 16.5. The lowest BCUT2D eigenvalue weighted by Gasteiger charge is -2.25. The zero-order valence-corrected chi connectivity index (χ0v) is 13.5. The minimum absolute atomic E-state index is 0.220. The van der Waals surface area contributed by atoms with Crippen LogP contribution in [0.5, 0.6) is 0 Å². The van der Waals surface area contributed by atoms with Crippen LogP contribution < -0.4 is 0 Å². The molecule has 0 spiro atoms. The number of carbonyl (C=O) groups excluding carboxylic acids is 1. The summed E-state index contributed by atoms with van der Waals surface area (Å²) < 4.78 is 5.28. The molecule has 0 bridgehead atoms. The third-order valence-corrected chi connectivity index (χ3v) is 3.92. The monoisotopic (exact) mass is 307 g/mol. The molecule has 2 rings (SSSR count). The Morgan fingerprint density at radius 3 is 2.30 bits per heavy atom. The van der Waals surface area contributed by atoms with Crippen molar-refractivity contribution in [2.45, 2.75) is 32.1 Å². The zero-order chi connectivity index (χ0) is 16.7. The molecule has 3 nitrogen and oxygen atoms in total. The summed E-state index contributed by atoms with van der Waals surface area (Å²) in [5.41, 5.74) is 3.02. The summed E-state index contributed by atoms with van der Waals surface area (Å²) in [5.74, 6) is -0.972. The van der Waals surface area contributed by atoms with Gasteiger partial charge < -0.3 is 4.74 Å². The lowest BCUT2D eigenvalue weighted by Crippen LogP contribution is -2.23. The molecule has 2 aromatic rings. The van der Waals surface area contributed by atoms with E-state index in [4.69, 9.17) is 4.74 Å². The number of ether oxygens (including phenoxy) is 1. The summed E-state index contributed by atoms with van der Waals surface area (Å²) in [4.78, 5) is 12.6. The van der Waals surface area contributed by atoms with E-state index in [1.54, 1.807) is 6.92 Å². The number of benzene rings is 2. The standard InChI is InChI=1S/C20H21NO2/c1-3-23-20(22)19(17-7-5-4-6-8-17)18(13-14-21)16-11-9-15(2)10-12-16/h4-12,18-19H,3,13H2,1-2H3. The SMILES string of the molecule is CCOC(=O)C(c1ccccc1)C(CC#N)c1ccc(C)cc1. The van der Waals surface area contributed by atoms with Crippen molar-refractivity contribution in [1.29, 1.82) is 5.26 Å². The van der Waals surface area contributed by atoms with Crippen LogP contribution in [-0.4, -0.2) is 12.6 Å². The quantitative estimate of drug-likeness (QED) is 0.746. The highest BCUT2D eigenvalue weighted by Gasteiger charge is 2.32. The Morgan fingerprint density at radius 1 is 1.09 bits per heavy atom. The van der Waals surface area contributed by atoms with Gasteiger partial charge >= 0.3 is 5.97 Å². The first-order valence-corrected chi connectivity index (χ1v) is 7.82. The Hall–Kier alpha value is -2.60. The molecule has 0 aliphatic rings. The normalized spacial score (nSPS) is 12.9. The number of nitriles is 1. The van der Waals surface area contributed by atoms with Crippen LogP contribution in [0.2, 0.25) is 0 Å². The second-order valence-corrected chi connectivity index (χ2v) is 5.52. The maximum atomic E-state index is 12.6. The van der Waals surface area contributed by atoms with Gasteiger partial charge in [-0.05, 0) is 25.0 Å². The molecule has 0 saturated heterocycles. The molecule has 2 atom stereocenters. The van der Waals surface area contributed by atoms with E-state index in [-0.39, 0.29) is 18.3 Å². The molecule has 0 aliphatic heterocycles. The number of carbonyl (C=O) groups is 1. The van der Waals surface area contributed by atoms with Crippen LogP contribution in [0.1, 0.15) is 41.9 Å². The van der Waals surface area contributed by atoms with Crippen molar-refractivity contribution in [3.8, 4) is 6.07 Å². The Labute approximate surface area is 137 Å². The van der Waals surface area contributed by atoms with Crippen molar-refractivity contribution in [2.24, 2.45) is 0 Å². The van der Waals surface area contributed by atoms with E-state index in [2.05, 4.69) is 6.07 Å². The van der Waals surface area contributed by atoms with E-state index in [0.29, 0.717) is 6.61 Å². The average molecular weight is 307 g/mol. The fourth-order valence-electron chi connectivity index (χ4n) is 2.77. The molecule has 0 aliphatic carbocycles. The van der Waals surface area contributed by atoms with Gasteiger partial charge in [0.15, 0.2) is 0 Å². The average Bonchev–Trinajstić information content (AvgIpc) is 2.56. The molecule has 2 unspecified atom stereocenters. The first-order chi connectivity index (χ1) is 11.2. The van der Waals surface area contributed by atoms with E-state index >= 15 is 0 Å². The van der Waals surface area contributed by atoms with Crippen molar-refractivity contribution < 1.29 is 9.53 Å². The second-order valence-electron chi connectivity index (χ2n) is 5.52. The lowest BCUT2D eigenvalue weighted by molar-refractivity contribution is -0.145. The van der Waals surface area contributed by atoms with Gasteiger partial charge in [-0.2, -0.15) is 5.26 Å². The molecule has 23 heavy (non-hydrogen) atoms. The van der Waals surface area contributed by atoms with E-state index in [1.165, 1.54) is 0 Å². The van der Waals surface area contributed by atoms with Crippen molar-refractivity contribution >= 4 is 5.97 Å². The molecule has 0 aromatic heterocycles. The fourth-order valence-corrected chi connectivity index (χ4v) is 2.77. The van der Waals surface area contributed by atoms with Gasteiger partial charge in [0.25, 0.3) is 0 Å². The number of hydrogen-bond donors (Lipinski definition) is 0. The van der Waals surface area contributed by atoms with Crippen molar-refractivity contribution in [1.82, 2.24) is 0 Å². The van der Waals surface area contributed by atoms with Crippen LogP contribution in [0.15, 0.2) is 54.6 Å². The van der Waals surface area contributed by atoms with Crippen LogP contribution in [0.3, 0.4) is 0 Å². The van der Waals surface area contributed by atoms with Gasteiger partial charge in [0.05, 0.1) is 18.6 Å². The highest BCUT2D eigenvalue weighted by Crippen LogP contribution is 2.36. The largest absolute Gasteiger partial charge is 0.466 e. The third-order valence-electron chi connectivity index (χ3n) is 3.92. The van der Waals surface area contributed by atoms with Gasteiger partial charge in [0.2, 0.25) is 0 Å². The molecule has 0 heterocycles. The molecule has 118 valence electrons. The molecular weight excluding hydrogens is 286 g/mol. The maximum absolute atomic E-state index is 12.6. The van der Waals surface area contributed by atoms with E-state index in [9.17, 15) is 10.1 Å². The smallest absolute Gasteiger partial charge is 0.314 e. The van der Waals surface area contributed by atoms with Gasteiger partial charge in [0.1, 0.15) is 0 Å². The minimum atomic E-state index is -0.474. The van der Waals surface area contributed by atoms with E-state index < -0.39 is 5.92 Å². The number of aryl methyl sites for hydroxylation is 1. The fraction of sp³-hybridized carbons (Fsp3) is 0.300. The summed E-state index contributed by atoms with van der Waals surface area (Å²) in [7, 11) is 0. The summed E-state index contributed by atoms with van der Waals surface area (Å²) >= 11 is 0. The van der Waals surface area contributed by atoms with Crippen molar-refractivity contribution in [3.63, 3.8) is 0 Å². The zero-order valence-electron chi connectivity index (χ0n) is 13.5. The van der Waals surface area contributed by atoms with E-state index in [1.807, 2.05) is 61.5 Å². The Morgan fingerprint density at radius 2 is 1.74 bits per heavy atom. The highest BCUT2D eigenvalue weighted by molar-refractivity contribution is 5.79. The summed E-state index contributed by atoms with van der Waals surface area (Å²) in [5, 5.41) is 9.26. The number of esters is 1. The van der Waals surface area contributed by atoms with Gasteiger partial charge in [-0.3, -0.25) is 4.79 Å². The van der Waals surface area contributed by atoms with Crippen LogP contribution in [-0.2, 0) is 9.53 Å². The molecule has 0 amide bonds. The topological polar surface area (TPSA) is 50.1 Å². The molecule has 3 heteroatoms. The number of nitrogens with zero attached hydrogens (tertiary/aromatic N) is 1. The van der Waals surface area contributed by atoms with Crippen LogP contribution in [0.25, 0.3) is 0 Å². The van der Waals surface area contributed by atoms with Crippen LogP contribution in [0.4, 0.5) is 0 Å². The molecule has 2 aromatic carbocycles. The van der Waals surface area contributed by atoms with Gasteiger partial charge in [0, 0.05) is 12.3 Å². The third kappa shape index (κ3) is 4.20. The minimum Gasteiger partial charge on any atom is -0.466 e. The predicted molar refractivity (Wildman–Crippen MR) is 90.0 cm³/mol. The Bertz CT molecular complexity index is 671. The van der Waals surface area contributed by atoms with E-state index in [0.717, 1.165) is 16.7 Å². The lowest BCUT2D eigenvalue weighted by atomic mass is 9.79. The van der Waals surface area contributed by atoms with Crippen molar-refractivity contribution in [3.05, 3.63) is 71.3 Å². The molecule has 0 N–H and O–H groups in total. The van der Waals surface area contributed by atoms with Gasteiger partial charge in [-0.25, -0.2) is 0 Å². The van der Waals surface area contributed by atoms with Gasteiger partial charge in [-0.15, -0.1) is 0 Å². The maximum Gasteiger partial charge on any atom is 0.314 e. The molecule has 0 fully saturated rings. The number of hydrogen-bond acceptors (Lipinski definition) is 3. The van der Waals surface area contributed by atoms with Gasteiger partial charge in [-0.1, -0.05) is 60.2 Å². The first kappa shape index (κ1) is 16.8.